The Bertz CT molecular complexity index is 225. The van der Waals surface area contributed by atoms with Gasteiger partial charge in [0.2, 0.25) is 0 Å². The van der Waals surface area contributed by atoms with E-state index in [0.29, 0.717) is 18.3 Å². The molecule has 2 saturated heterocycles. The van der Waals surface area contributed by atoms with Crippen LogP contribution < -0.4 is 0 Å². The van der Waals surface area contributed by atoms with Gasteiger partial charge in [0.1, 0.15) is 0 Å². The number of ether oxygens (including phenoxy) is 2. The van der Waals surface area contributed by atoms with E-state index in [0.717, 1.165) is 6.61 Å². The molecule has 0 aromatic carbocycles. The fourth-order valence-corrected chi connectivity index (χ4v) is 2.94. The molecule has 3 unspecified atom stereocenters. The molecule has 0 radical (unpaired) electrons. The maximum absolute atomic E-state index is 5.75. The maximum Gasteiger partial charge on any atom is 0.0841 e. The molecule has 0 aliphatic carbocycles. The van der Waals surface area contributed by atoms with Gasteiger partial charge < -0.3 is 9.47 Å². The molecule has 3 atom stereocenters. The van der Waals surface area contributed by atoms with E-state index < -0.39 is 0 Å². The lowest BCUT2D eigenvalue weighted by atomic mass is 10.0. The lowest BCUT2D eigenvalue weighted by molar-refractivity contribution is 0.347. The molecule has 0 amide bonds. The molecule has 2 heteroatoms. The lowest BCUT2D eigenvalue weighted by Gasteiger charge is -2.00. The van der Waals surface area contributed by atoms with Gasteiger partial charge in [0.05, 0.1) is 24.9 Å². The van der Waals surface area contributed by atoms with Gasteiger partial charge in [-0.1, -0.05) is 64.7 Å². The Kier molecular flexibility index (Phi) is 7.23. The smallest absolute Gasteiger partial charge is 0.0841 e. The molecule has 0 bridgehead atoms. The zero-order valence-corrected chi connectivity index (χ0v) is 12.7. The Balaban J connectivity index is 1.29. The van der Waals surface area contributed by atoms with Crippen molar-refractivity contribution in [2.24, 2.45) is 0 Å². The normalized spacial score (nSPS) is 28.6. The third kappa shape index (κ3) is 7.31. The first-order valence-corrected chi connectivity index (χ1v) is 8.67. The molecule has 0 aromatic rings. The average molecular weight is 268 g/mol. The Morgan fingerprint density at radius 1 is 0.737 bits per heavy atom. The highest BCUT2D eigenvalue weighted by Crippen LogP contribution is 2.31. The molecule has 0 spiro atoms. The predicted octanol–water partition coefficient (Wildman–Crippen LogP) is 4.85. The lowest BCUT2D eigenvalue weighted by Crippen LogP contribution is -1.94. The standard InChI is InChI=1S/C17H32O2/c1-2-3-4-9-12-16-17(19-16)13-10-7-5-6-8-11-15-14-18-15/h15-17H,2-14H2,1H3. The monoisotopic (exact) mass is 268 g/mol. The summed E-state index contributed by atoms with van der Waals surface area (Å²) in [5, 5.41) is 0. The van der Waals surface area contributed by atoms with Crippen LogP contribution in [-0.2, 0) is 9.47 Å². The van der Waals surface area contributed by atoms with Crippen LogP contribution in [0.15, 0.2) is 0 Å². The average Bonchev–Trinajstić information content (AvgIpc) is 3.30. The van der Waals surface area contributed by atoms with Crippen molar-refractivity contribution < 1.29 is 9.47 Å². The molecule has 2 aliphatic heterocycles. The quantitative estimate of drug-likeness (QED) is 0.352. The molecule has 0 aromatic heterocycles. The zero-order valence-electron chi connectivity index (χ0n) is 12.7. The SMILES string of the molecule is CCCCCCC1OC1CCCCCCCC1CO1. The van der Waals surface area contributed by atoms with Gasteiger partial charge in [-0.3, -0.25) is 0 Å². The van der Waals surface area contributed by atoms with E-state index in [-0.39, 0.29) is 0 Å². The first-order valence-electron chi connectivity index (χ1n) is 8.67. The number of epoxide rings is 2. The van der Waals surface area contributed by atoms with Crippen LogP contribution in [0.1, 0.15) is 84.0 Å². The molecular formula is C17H32O2. The predicted molar refractivity (Wildman–Crippen MR) is 79.5 cm³/mol. The highest BCUT2D eigenvalue weighted by atomic mass is 16.6. The van der Waals surface area contributed by atoms with Crippen LogP contribution in [0.4, 0.5) is 0 Å². The van der Waals surface area contributed by atoms with Gasteiger partial charge in [-0.2, -0.15) is 0 Å². The molecule has 2 heterocycles. The van der Waals surface area contributed by atoms with Crippen LogP contribution in [0, 0.1) is 0 Å². The topological polar surface area (TPSA) is 25.1 Å². The van der Waals surface area contributed by atoms with Crippen LogP contribution in [0.2, 0.25) is 0 Å². The third-order valence-electron chi connectivity index (χ3n) is 4.45. The van der Waals surface area contributed by atoms with Crippen molar-refractivity contribution in [3.05, 3.63) is 0 Å². The van der Waals surface area contributed by atoms with Crippen molar-refractivity contribution in [3.8, 4) is 0 Å². The highest BCUT2D eigenvalue weighted by molar-refractivity contribution is 4.84. The minimum atomic E-state index is 0.626. The second-order valence-electron chi connectivity index (χ2n) is 6.36. The van der Waals surface area contributed by atoms with E-state index in [9.17, 15) is 0 Å². The van der Waals surface area contributed by atoms with Crippen LogP contribution in [-0.4, -0.2) is 24.9 Å². The minimum Gasteiger partial charge on any atom is -0.373 e. The Morgan fingerprint density at radius 2 is 1.26 bits per heavy atom. The van der Waals surface area contributed by atoms with Crippen LogP contribution in [0.25, 0.3) is 0 Å². The van der Waals surface area contributed by atoms with Gasteiger partial charge in [-0.15, -0.1) is 0 Å². The molecule has 2 aliphatic rings. The third-order valence-corrected chi connectivity index (χ3v) is 4.45. The Morgan fingerprint density at radius 3 is 1.84 bits per heavy atom. The zero-order chi connectivity index (χ0) is 13.3. The molecule has 19 heavy (non-hydrogen) atoms. The molecule has 2 fully saturated rings. The van der Waals surface area contributed by atoms with Gasteiger partial charge in [0, 0.05) is 0 Å². The van der Waals surface area contributed by atoms with Crippen LogP contribution >= 0.6 is 0 Å². The Labute approximate surface area is 119 Å². The highest BCUT2D eigenvalue weighted by Gasteiger charge is 2.36. The van der Waals surface area contributed by atoms with Crippen molar-refractivity contribution in [3.63, 3.8) is 0 Å². The van der Waals surface area contributed by atoms with E-state index in [2.05, 4.69) is 6.92 Å². The first-order chi connectivity index (χ1) is 9.40. The maximum atomic E-state index is 5.75. The second kappa shape index (κ2) is 8.97. The molecule has 0 N–H and O–H groups in total. The van der Waals surface area contributed by atoms with E-state index in [1.165, 1.54) is 77.0 Å². The first kappa shape index (κ1) is 15.3. The van der Waals surface area contributed by atoms with Gasteiger partial charge >= 0.3 is 0 Å². The second-order valence-corrected chi connectivity index (χ2v) is 6.36. The summed E-state index contributed by atoms with van der Waals surface area (Å²) >= 11 is 0. The fraction of sp³-hybridized carbons (Fsp3) is 1.00. The molecule has 112 valence electrons. The summed E-state index contributed by atoms with van der Waals surface area (Å²) in [7, 11) is 0. The molecular weight excluding hydrogens is 236 g/mol. The van der Waals surface area contributed by atoms with E-state index in [4.69, 9.17) is 9.47 Å². The summed E-state index contributed by atoms with van der Waals surface area (Å²) in [5.74, 6) is 0. The number of hydrogen-bond donors (Lipinski definition) is 0. The van der Waals surface area contributed by atoms with Crippen molar-refractivity contribution in [2.45, 2.75) is 102 Å². The fourth-order valence-electron chi connectivity index (χ4n) is 2.94. The van der Waals surface area contributed by atoms with Crippen LogP contribution in [0.5, 0.6) is 0 Å². The van der Waals surface area contributed by atoms with E-state index in [1.807, 2.05) is 0 Å². The van der Waals surface area contributed by atoms with Crippen molar-refractivity contribution in [1.29, 1.82) is 0 Å². The van der Waals surface area contributed by atoms with Crippen molar-refractivity contribution in [1.82, 2.24) is 0 Å². The summed E-state index contributed by atoms with van der Waals surface area (Å²) in [6.45, 7) is 3.30. The van der Waals surface area contributed by atoms with Gasteiger partial charge in [-0.05, 0) is 19.3 Å². The molecule has 0 saturated carbocycles. The van der Waals surface area contributed by atoms with Gasteiger partial charge in [0.25, 0.3) is 0 Å². The summed E-state index contributed by atoms with van der Waals surface area (Å²) in [6.07, 6.45) is 18.2. The largest absolute Gasteiger partial charge is 0.373 e. The van der Waals surface area contributed by atoms with Gasteiger partial charge in [0.15, 0.2) is 0 Å². The van der Waals surface area contributed by atoms with Crippen molar-refractivity contribution >= 4 is 0 Å². The number of unbranched alkanes of at least 4 members (excludes halogenated alkanes) is 7. The van der Waals surface area contributed by atoms with E-state index in [1.54, 1.807) is 0 Å². The molecule has 2 rings (SSSR count). The Hall–Kier alpha value is -0.0800. The summed E-state index contributed by atoms with van der Waals surface area (Å²) in [6, 6.07) is 0. The van der Waals surface area contributed by atoms with Crippen LogP contribution in [0.3, 0.4) is 0 Å². The minimum absolute atomic E-state index is 0.626. The summed E-state index contributed by atoms with van der Waals surface area (Å²) < 4.78 is 11.0. The summed E-state index contributed by atoms with van der Waals surface area (Å²) in [4.78, 5) is 0. The molecule has 2 nitrogen and oxygen atoms in total. The number of hydrogen-bond acceptors (Lipinski definition) is 2. The van der Waals surface area contributed by atoms with Crippen molar-refractivity contribution in [2.75, 3.05) is 6.61 Å². The number of rotatable bonds is 13. The van der Waals surface area contributed by atoms with Gasteiger partial charge in [-0.25, -0.2) is 0 Å². The van der Waals surface area contributed by atoms with E-state index >= 15 is 0 Å². The summed E-state index contributed by atoms with van der Waals surface area (Å²) in [5.41, 5.74) is 0.